The summed E-state index contributed by atoms with van der Waals surface area (Å²) in [6.07, 6.45) is 1.69. The molecule has 0 aliphatic carbocycles. The van der Waals surface area contributed by atoms with Gasteiger partial charge in [-0.15, -0.1) is 0 Å². The third-order valence-corrected chi connectivity index (χ3v) is 2.71. The molecule has 2 rings (SSSR count). The highest BCUT2D eigenvalue weighted by atomic mass is 35.5. The minimum atomic E-state index is 0.303. The summed E-state index contributed by atoms with van der Waals surface area (Å²) in [6, 6.07) is 4.95. The van der Waals surface area contributed by atoms with Crippen molar-refractivity contribution >= 4 is 28.9 Å². The van der Waals surface area contributed by atoms with Crippen molar-refractivity contribution in [2.45, 2.75) is 6.42 Å². The van der Waals surface area contributed by atoms with Gasteiger partial charge in [-0.1, -0.05) is 34.4 Å². The largest absolute Gasteiger partial charge is 0.411 e. The summed E-state index contributed by atoms with van der Waals surface area (Å²) in [5.41, 5.74) is 0.999. The smallest absolute Gasteiger partial charge is 0.137 e. The fourth-order valence-corrected chi connectivity index (χ4v) is 1.90. The molecule has 0 saturated carbocycles. The Morgan fingerprint density at radius 3 is 2.82 bits per heavy atom. The van der Waals surface area contributed by atoms with E-state index in [1.165, 1.54) is 6.33 Å². The van der Waals surface area contributed by atoms with Crippen LogP contribution in [-0.2, 0) is 6.42 Å². The fraction of sp³-hybridized carbons (Fsp3) is 0.100. The van der Waals surface area contributed by atoms with Crippen LogP contribution >= 0.6 is 23.2 Å². The zero-order chi connectivity index (χ0) is 12.3. The zero-order valence-electron chi connectivity index (χ0n) is 8.56. The molecule has 0 saturated heterocycles. The first-order valence-corrected chi connectivity index (χ1v) is 5.47. The van der Waals surface area contributed by atoms with Crippen LogP contribution in [0.1, 0.15) is 11.4 Å². The molecule has 0 aliphatic rings. The van der Waals surface area contributed by atoms with Crippen LogP contribution in [0.5, 0.6) is 0 Å². The molecule has 2 N–H and O–H groups in total. The summed E-state index contributed by atoms with van der Waals surface area (Å²) in [7, 11) is 0. The van der Waals surface area contributed by atoms with E-state index in [1.807, 2.05) is 0 Å². The molecule has 1 aromatic heterocycles. The Balaban J connectivity index is 2.30. The Morgan fingerprint density at radius 2 is 2.24 bits per heavy atom. The molecule has 0 spiro atoms. The average Bonchev–Trinajstić information content (AvgIpc) is 2.79. The number of nitrogens with one attached hydrogen (secondary N) is 1. The van der Waals surface area contributed by atoms with E-state index in [0.29, 0.717) is 33.6 Å². The molecule has 0 aliphatic heterocycles. The lowest BCUT2D eigenvalue weighted by atomic mass is 10.1. The molecule has 0 bridgehead atoms. The number of oxime groups is 1. The van der Waals surface area contributed by atoms with Gasteiger partial charge in [-0.3, -0.25) is 5.10 Å². The van der Waals surface area contributed by atoms with Gasteiger partial charge in [-0.05, 0) is 12.1 Å². The number of hydrogen-bond donors (Lipinski definition) is 2. The van der Waals surface area contributed by atoms with Crippen molar-refractivity contribution in [3.8, 4) is 0 Å². The lowest BCUT2D eigenvalue weighted by molar-refractivity contribution is 0.318. The molecule has 88 valence electrons. The zero-order valence-corrected chi connectivity index (χ0v) is 10.1. The minimum absolute atomic E-state index is 0.303. The molecule has 0 unspecified atom stereocenters. The van der Waals surface area contributed by atoms with E-state index >= 15 is 0 Å². The SMILES string of the molecule is ON=C(Cc1ncn[nH]1)c1ccc(Cl)cc1Cl. The van der Waals surface area contributed by atoms with Crippen molar-refractivity contribution in [2.24, 2.45) is 5.16 Å². The number of benzene rings is 1. The van der Waals surface area contributed by atoms with Crippen molar-refractivity contribution in [1.82, 2.24) is 15.2 Å². The summed E-state index contributed by atoms with van der Waals surface area (Å²) in [5.74, 6) is 0.587. The monoisotopic (exact) mass is 270 g/mol. The Kier molecular flexibility index (Phi) is 3.61. The third-order valence-electron chi connectivity index (χ3n) is 2.16. The Labute approximate surface area is 107 Å². The van der Waals surface area contributed by atoms with Crippen molar-refractivity contribution < 1.29 is 5.21 Å². The number of halogens is 2. The Bertz CT molecular complexity index is 539. The summed E-state index contributed by atoms with van der Waals surface area (Å²) >= 11 is 11.8. The van der Waals surface area contributed by atoms with Crippen LogP contribution < -0.4 is 0 Å². The lowest BCUT2D eigenvalue weighted by Crippen LogP contribution is -2.07. The van der Waals surface area contributed by atoms with Crippen LogP contribution in [0.25, 0.3) is 0 Å². The van der Waals surface area contributed by atoms with E-state index in [-0.39, 0.29) is 0 Å². The molecular weight excluding hydrogens is 263 g/mol. The van der Waals surface area contributed by atoms with E-state index in [4.69, 9.17) is 28.4 Å². The molecule has 5 nitrogen and oxygen atoms in total. The number of aromatic amines is 1. The second-order valence-corrected chi connectivity index (χ2v) is 4.12. The first-order valence-electron chi connectivity index (χ1n) is 4.71. The van der Waals surface area contributed by atoms with Crippen LogP contribution in [0.4, 0.5) is 0 Å². The third kappa shape index (κ3) is 2.75. The molecule has 0 radical (unpaired) electrons. The van der Waals surface area contributed by atoms with Gasteiger partial charge in [0.25, 0.3) is 0 Å². The first kappa shape index (κ1) is 11.9. The van der Waals surface area contributed by atoms with Crippen LogP contribution in [-0.4, -0.2) is 26.1 Å². The summed E-state index contributed by atoms with van der Waals surface area (Å²) in [4.78, 5) is 3.95. The van der Waals surface area contributed by atoms with Crippen molar-refractivity contribution in [1.29, 1.82) is 0 Å². The Morgan fingerprint density at radius 1 is 1.41 bits per heavy atom. The van der Waals surface area contributed by atoms with Gasteiger partial charge in [0.2, 0.25) is 0 Å². The van der Waals surface area contributed by atoms with Gasteiger partial charge in [0.1, 0.15) is 12.2 Å². The maximum Gasteiger partial charge on any atom is 0.137 e. The summed E-state index contributed by atoms with van der Waals surface area (Å²) in [6.45, 7) is 0. The molecule has 0 atom stereocenters. The minimum Gasteiger partial charge on any atom is -0.411 e. The van der Waals surface area contributed by atoms with E-state index in [1.54, 1.807) is 18.2 Å². The molecular formula is C10H8Cl2N4O. The Hall–Kier alpha value is -1.59. The molecule has 17 heavy (non-hydrogen) atoms. The van der Waals surface area contributed by atoms with Crippen LogP contribution in [0, 0.1) is 0 Å². The average molecular weight is 271 g/mol. The highest BCUT2D eigenvalue weighted by Gasteiger charge is 2.11. The van der Waals surface area contributed by atoms with E-state index in [9.17, 15) is 0 Å². The molecule has 1 heterocycles. The molecule has 0 fully saturated rings. The highest BCUT2D eigenvalue weighted by Crippen LogP contribution is 2.22. The van der Waals surface area contributed by atoms with Gasteiger partial charge < -0.3 is 5.21 Å². The van der Waals surface area contributed by atoms with Gasteiger partial charge in [0.05, 0.1) is 17.2 Å². The number of aromatic nitrogens is 3. The van der Waals surface area contributed by atoms with Gasteiger partial charge in [-0.25, -0.2) is 4.98 Å². The van der Waals surface area contributed by atoms with Crippen LogP contribution in [0.15, 0.2) is 29.7 Å². The second-order valence-electron chi connectivity index (χ2n) is 3.28. The topological polar surface area (TPSA) is 74.2 Å². The normalized spacial score (nSPS) is 11.8. The van der Waals surface area contributed by atoms with E-state index in [2.05, 4.69) is 20.3 Å². The predicted molar refractivity (Wildman–Crippen MR) is 64.9 cm³/mol. The summed E-state index contributed by atoms with van der Waals surface area (Å²) in [5, 5.41) is 19.6. The van der Waals surface area contributed by atoms with Crippen LogP contribution in [0.3, 0.4) is 0 Å². The first-order chi connectivity index (χ1) is 8.20. The molecule has 2 aromatic rings. The maximum absolute atomic E-state index is 9.01. The summed E-state index contributed by atoms with van der Waals surface area (Å²) < 4.78 is 0. The molecule has 7 heteroatoms. The van der Waals surface area contributed by atoms with Gasteiger partial charge in [0, 0.05) is 10.6 Å². The van der Waals surface area contributed by atoms with Gasteiger partial charge in [-0.2, -0.15) is 5.10 Å². The lowest BCUT2D eigenvalue weighted by Gasteiger charge is -2.05. The molecule has 0 amide bonds. The van der Waals surface area contributed by atoms with Crippen molar-refractivity contribution in [3.05, 3.63) is 46.0 Å². The van der Waals surface area contributed by atoms with Crippen molar-refractivity contribution in [3.63, 3.8) is 0 Å². The highest BCUT2D eigenvalue weighted by molar-refractivity contribution is 6.37. The van der Waals surface area contributed by atoms with E-state index < -0.39 is 0 Å². The standard InChI is InChI=1S/C10H8Cl2N4O/c11-6-1-2-7(8(12)3-6)9(16-17)4-10-13-5-14-15-10/h1-3,5,17H,4H2,(H,13,14,15). The quantitative estimate of drug-likeness (QED) is 0.511. The van der Waals surface area contributed by atoms with Gasteiger partial charge in [0.15, 0.2) is 0 Å². The number of rotatable bonds is 3. The predicted octanol–water partition coefficient (Wildman–Crippen LogP) is 2.53. The maximum atomic E-state index is 9.01. The fourth-order valence-electron chi connectivity index (χ4n) is 1.38. The van der Waals surface area contributed by atoms with E-state index in [0.717, 1.165) is 0 Å². The van der Waals surface area contributed by atoms with Gasteiger partial charge >= 0.3 is 0 Å². The van der Waals surface area contributed by atoms with Crippen molar-refractivity contribution in [2.75, 3.05) is 0 Å². The number of H-pyrrole nitrogens is 1. The molecule has 1 aromatic carbocycles. The second kappa shape index (κ2) is 5.16. The number of nitrogens with zero attached hydrogens (tertiary/aromatic N) is 3. The number of hydrogen-bond acceptors (Lipinski definition) is 4. The van der Waals surface area contributed by atoms with Crippen LogP contribution in [0.2, 0.25) is 10.0 Å².